The summed E-state index contributed by atoms with van der Waals surface area (Å²) in [4.78, 5) is 16.3. The highest BCUT2D eigenvalue weighted by Crippen LogP contribution is 2.26. The highest BCUT2D eigenvalue weighted by molar-refractivity contribution is 7.14. The molecule has 3 rings (SSSR count). The molecule has 1 N–H and O–H groups in total. The predicted octanol–water partition coefficient (Wildman–Crippen LogP) is 4.65. The van der Waals surface area contributed by atoms with E-state index in [1.807, 2.05) is 19.1 Å². The second-order valence-electron chi connectivity index (χ2n) is 4.99. The number of anilines is 1. The van der Waals surface area contributed by atoms with Crippen molar-refractivity contribution in [3.05, 3.63) is 70.6 Å². The molecule has 0 radical (unpaired) electrons. The third-order valence-corrected chi connectivity index (χ3v) is 4.01. The number of halogens is 2. The van der Waals surface area contributed by atoms with Crippen molar-refractivity contribution in [1.29, 1.82) is 0 Å². The third kappa shape index (κ3) is 3.43. The van der Waals surface area contributed by atoms with Crippen LogP contribution in [0.4, 0.5) is 13.9 Å². The Morgan fingerprint density at radius 1 is 1.09 bits per heavy atom. The number of rotatable bonds is 3. The molecule has 6 heteroatoms. The highest BCUT2D eigenvalue weighted by atomic mass is 32.1. The molecule has 0 fully saturated rings. The number of nitrogens with one attached hydrogen (secondary N) is 1. The Kier molecular flexibility index (Phi) is 4.16. The minimum atomic E-state index is -0.930. The lowest BCUT2D eigenvalue weighted by atomic mass is 10.1. The maximum atomic E-state index is 13.3. The molecule has 1 aromatic heterocycles. The topological polar surface area (TPSA) is 42.0 Å². The molecule has 0 aliphatic rings. The van der Waals surface area contributed by atoms with Crippen LogP contribution in [0.25, 0.3) is 11.3 Å². The molecule has 0 saturated carbocycles. The summed E-state index contributed by atoms with van der Waals surface area (Å²) in [7, 11) is 0. The molecule has 3 aromatic rings. The van der Waals surface area contributed by atoms with Gasteiger partial charge >= 0.3 is 0 Å². The van der Waals surface area contributed by atoms with Gasteiger partial charge in [0.25, 0.3) is 5.91 Å². The minimum absolute atomic E-state index is 0.267. The number of hydrogen-bond donors (Lipinski definition) is 1. The van der Waals surface area contributed by atoms with Gasteiger partial charge in [0.1, 0.15) is 0 Å². The van der Waals surface area contributed by atoms with Gasteiger partial charge in [0.2, 0.25) is 0 Å². The fraction of sp³-hybridized carbons (Fsp3) is 0.0588. The van der Waals surface area contributed by atoms with E-state index in [2.05, 4.69) is 10.3 Å². The molecular formula is C17H12F2N2OS. The lowest BCUT2D eigenvalue weighted by molar-refractivity contribution is 0.102. The van der Waals surface area contributed by atoms with E-state index in [0.29, 0.717) is 22.0 Å². The van der Waals surface area contributed by atoms with Crippen molar-refractivity contribution in [1.82, 2.24) is 4.98 Å². The average molecular weight is 330 g/mol. The molecule has 0 bridgehead atoms. The molecule has 23 heavy (non-hydrogen) atoms. The van der Waals surface area contributed by atoms with Gasteiger partial charge in [0.05, 0.1) is 5.69 Å². The van der Waals surface area contributed by atoms with Crippen LogP contribution in [0, 0.1) is 18.6 Å². The first-order valence-electron chi connectivity index (χ1n) is 6.82. The van der Waals surface area contributed by atoms with E-state index in [0.717, 1.165) is 17.7 Å². The summed E-state index contributed by atoms with van der Waals surface area (Å²) in [5, 5.41) is 4.77. The zero-order chi connectivity index (χ0) is 16.4. The van der Waals surface area contributed by atoms with E-state index in [4.69, 9.17) is 0 Å². The Labute approximate surface area is 135 Å². The summed E-state index contributed by atoms with van der Waals surface area (Å²) in [6.45, 7) is 1.94. The van der Waals surface area contributed by atoms with Gasteiger partial charge in [-0.2, -0.15) is 0 Å². The van der Waals surface area contributed by atoms with E-state index in [1.54, 1.807) is 17.5 Å². The zero-order valence-electron chi connectivity index (χ0n) is 12.1. The number of amides is 1. The maximum Gasteiger partial charge on any atom is 0.257 e. The Morgan fingerprint density at radius 2 is 1.83 bits per heavy atom. The minimum Gasteiger partial charge on any atom is -0.298 e. The molecule has 3 nitrogen and oxygen atoms in total. The third-order valence-electron chi connectivity index (χ3n) is 3.25. The Balaban J connectivity index is 1.77. The normalized spacial score (nSPS) is 10.6. The number of carbonyl (C=O) groups excluding carboxylic acids is 1. The first-order valence-corrected chi connectivity index (χ1v) is 7.70. The van der Waals surface area contributed by atoms with Crippen molar-refractivity contribution in [2.45, 2.75) is 6.92 Å². The van der Waals surface area contributed by atoms with Crippen LogP contribution in [-0.2, 0) is 0 Å². The highest BCUT2D eigenvalue weighted by Gasteiger charge is 2.11. The van der Waals surface area contributed by atoms with Crippen molar-refractivity contribution in [2.75, 3.05) is 5.32 Å². The van der Waals surface area contributed by atoms with E-state index >= 15 is 0 Å². The number of nitrogens with zero attached hydrogens (tertiary/aromatic N) is 1. The van der Waals surface area contributed by atoms with Gasteiger partial charge < -0.3 is 0 Å². The van der Waals surface area contributed by atoms with Gasteiger partial charge in [-0.1, -0.05) is 17.7 Å². The van der Waals surface area contributed by atoms with Gasteiger partial charge in [0, 0.05) is 16.5 Å². The van der Waals surface area contributed by atoms with Gasteiger partial charge in [-0.15, -0.1) is 11.3 Å². The maximum absolute atomic E-state index is 13.3. The summed E-state index contributed by atoms with van der Waals surface area (Å²) in [6.07, 6.45) is 0. The predicted molar refractivity (Wildman–Crippen MR) is 86.6 cm³/mol. The van der Waals surface area contributed by atoms with Crippen molar-refractivity contribution >= 4 is 22.4 Å². The Hall–Kier alpha value is -2.60. The summed E-state index contributed by atoms with van der Waals surface area (Å²) in [6, 6.07) is 10.7. The summed E-state index contributed by atoms with van der Waals surface area (Å²) in [5.74, 6) is -2.10. The lowest BCUT2D eigenvalue weighted by Crippen LogP contribution is -2.11. The molecule has 2 aromatic carbocycles. The summed E-state index contributed by atoms with van der Waals surface area (Å²) >= 11 is 1.22. The van der Waals surface area contributed by atoms with E-state index < -0.39 is 11.6 Å². The van der Waals surface area contributed by atoms with Crippen molar-refractivity contribution < 1.29 is 13.6 Å². The van der Waals surface area contributed by atoms with Crippen LogP contribution in [0.5, 0.6) is 0 Å². The molecule has 0 aliphatic carbocycles. The van der Waals surface area contributed by atoms with Crippen LogP contribution in [0.3, 0.4) is 0 Å². The van der Waals surface area contributed by atoms with Crippen LogP contribution in [0.2, 0.25) is 0 Å². The SMILES string of the molecule is Cc1ccc(C(=O)Nc2nc(-c3ccc(F)c(F)c3)cs2)cc1. The fourth-order valence-corrected chi connectivity index (χ4v) is 2.71. The molecule has 0 saturated heterocycles. The molecule has 0 spiro atoms. The molecule has 1 heterocycles. The molecule has 0 unspecified atom stereocenters. The molecule has 0 atom stereocenters. The van der Waals surface area contributed by atoms with E-state index in [9.17, 15) is 13.6 Å². The van der Waals surface area contributed by atoms with Crippen LogP contribution in [0.1, 0.15) is 15.9 Å². The smallest absolute Gasteiger partial charge is 0.257 e. The van der Waals surface area contributed by atoms with Gasteiger partial charge in [-0.3, -0.25) is 10.1 Å². The van der Waals surface area contributed by atoms with Crippen LogP contribution in [0.15, 0.2) is 47.8 Å². The first-order chi connectivity index (χ1) is 11.0. The zero-order valence-corrected chi connectivity index (χ0v) is 13.0. The molecule has 1 amide bonds. The summed E-state index contributed by atoms with van der Waals surface area (Å²) < 4.78 is 26.2. The van der Waals surface area contributed by atoms with E-state index in [1.165, 1.54) is 17.4 Å². The standard InChI is InChI=1S/C17H12F2N2OS/c1-10-2-4-11(5-3-10)16(22)21-17-20-15(9-23-17)12-6-7-13(18)14(19)8-12/h2-9H,1H3,(H,20,21,22). The first kappa shape index (κ1) is 15.3. The largest absolute Gasteiger partial charge is 0.298 e. The number of hydrogen-bond acceptors (Lipinski definition) is 3. The quantitative estimate of drug-likeness (QED) is 0.759. The number of thiazole rings is 1. The van der Waals surface area contributed by atoms with Crippen LogP contribution < -0.4 is 5.32 Å². The Morgan fingerprint density at radius 3 is 2.52 bits per heavy atom. The monoisotopic (exact) mass is 330 g/mol. The van der Waals surface area contributed by atoms with Crippen LogP contribution in [-0.4, -0.2) is 10.9 Å². The molecular weight excluding hydrogens is 318 g/mol. The van der Waals surface area contributed by atoms with Gasteiger partial charge in [-0.25, -0.2) is 13.8 Å². The van der Waals surface area contributed by atoms with Crippen molar-refractivity contribution in [3.8, 4) is 11.3 Å². The van der Waals surface area contributed by atoms with Gasteiger partial charge in [0.15, 0.2) is 16.8 Å². The lowest BCUT2D eigenvalue weighted by Gasteiger charge is -2.02. The second kappa shape index (κ2) is 6.26. The van der Waals surface area contributed by atoms with Crippen molar-refractivity contribution in [3.63, 3.8) is 0 Å². The Bertz CT molecular complexity index is 859. The number of benzene rings is 2. The fourth-order valence-electron chi connectivity index (χ4n) is 1.99. The number of aryl methyl sites for hydroxylation is 1. The molecule has 116 valence electrons. The number of carbonyl (C=O) groups is 1. The second-order valence-corrected chi connectivity index (χ2v) is 5.85. The number of aromatic nitrogens is 1. The average Bonchev–Trinajstić information content (AvgIpc) is 2.99. The molecule has 0 aliphatic heterocycles. The van der Waals surface area contributed by atoms with Crippen molar-refractivity contribution in [2.24, 2.45) is 0 Å². The van der Waals surface area contributed by atoms with E-state index in [-0.39, 0.29) is 5.91 Å². The van der Waals surface area contributed by atoms with Crippen LogP contribution >= 0.6 is 11.3 Å². The summed E-state index contributed by atoms with van der Waals surface area (Å²) in [5.41, 5.74) is 2.53. The van der Waals surface area contributed by atoms with Gasteiger partial charge in [-0.05, 0) is 37.3 Å².